The summed E-state index contributed by atoms with van der Waals surface area (Å²) in [5, 5.41) is 0. The molecule has 0 spiro atoms. The van der Waals surface area contributed by atoms with Gasteiger partial charge in [0.05, 0.1) is 15.9 Å². The van der Waals surface area contributed by atoms with Crippen molar-refractivity contribution >= 4 is 21.1 Å². The summed E-state index contributed by atoms with van der Waals surface area (Å²) < 4.78 is 34.3. The molecule has 0 saturated carbocycles. The van der Waals surface area contributed by atoms with Crippen LogP contribution in [-0.4, -0.2) is 24.5 Å². The van der Waals surface area contributed by atoms with Crippen LogP contribution in [0, 0.1) is 0 Å². The Kier molecular flexibility index (Phi) is 4.55. The van der Waals surface area contributed by atoms with E-state index in [1.54, 1.807) is 25.1 Å². The first kappa shape index (κ1) is 16.5. The van der Waals surface area contributed by atoms with Crippen LogP contribution in [-0.2, 0) is 23.7 Å². The van der Waals surface area contributed by atoms with Gasteiger partial charge in [-0.15, -0.1) is 0 Å². The normalized spacial score (nSPS) is 11.8. The lowest BCUT2D eigenvalue weighted by atomic mass is 10.3. The maximum atomic E-state index is 12.0. The van der Waals surface area contributed by atoms with E-state index in [-0.39, 0.29) is 11.5 Å². The van der Waals surface area contributed by atoms with E-state index in [0.717, 1.165) is 16.9 Å². The van der Waals surface area contributed by atoms with Gasteiger partial charge in [0.25, 0.3) is 0 Å². The number of nitrogens with zero attached hydrogens (tertiary/aromatic N) is 2. The number of aryl methyl sites for hydroxylation is 1. The largest absolute Gasteiger partial charge is 0.486 e. The van der Waals surface area contributed by atoms with Crippen molar-refractivity contribution in [2.45, 2.75) is 18.4 Å². The molecule has 1 N–H and O–H groups in total. The minimum Gasteiger partial charge on any atom is -0.486 e. The molecule has 126 valence electrons. The monoisotopic (exact) mass is 345 g/mol. The number of benzene rings is 2. The summed E-state index contributed by atoms with van der Waals surface area (Å²) in [6.07, 6.45) is 0. The number of aromatic nitrogens is 2. The maximum Gasteiger partial charge on any atom is 0.240 e. The summed E-state index contributed by atoms with van der Waals surface area (Å²) in [5.41, 5.74) is 1.93. The van der Waals surface area contributed by atoms with Gasteiger partial charge in [0.1, 0.15) is 18.2 Å². The average molecular weight is 345 g/mol. The van der Waals surface area contributed by atoms with Gasteiger partial charge in [-0.25, -0.2) is 18.1 Å². The first-order valence-electron chi connectivity index (χ1n) is 7.64. The highest BCUT2D eigenvalue weighted by molar-refractivity contribution is 7.89. The van der Waals surface area contributed by atoms with Crippen LogP contribution < -0.4 is 9.46 Å². The van der Waals surface area contributed by atoms with Crippen molar-refractivity contribution in [3.8, 4) is 5.75 Å². The van der Waals surface area contributed by atoms with Gasteiger partial charge in [-0.2, -0.15) is 0 Å². The SMILES string of the molecule is CCNS(=O)(=O)c1cccc(OCc2nc3ccccc3n2C)c1. The second-order valence-electron chi connectivity index (χ2n) is 5.34. The first-order chi connectivity index (χ1) is 11.5. The van der Waals surface area contributed by atoms with Crippen LogP contribution in [0.25, 0.3) is 11.0 Å². The highest BCUT2D eigenvalue weighted by Gasteiger charge is 2.14. The second-order valence-corrected chi connectivity index (χ2v) is 7.11. The minimum absolute atomic E-state index is 0.187. The zero-order valence-electron chi connectivity index (χ0n) is 13.6. The van der Waals surface area contributed by atoms with E-state index in [2.05, 4.69) is 9.71 Å². The highest BCUT2D eigenvalue weighted by atomic mass is 32.2. The number of imidazole rings is 1. The fourth-order valence-corrected chi connectivity index (χ4v) is 3.55. The minimum atomic E-state index is -3.50. The zero-order chi connectivity index (χ0) is 17.2. The molecule has 0 aliphatic heterocycles. The fourth-order valence-electron chi connectivity index (χ4n) is 2.48. The number of para-hydroxylation sites is 2. The van der Waals surface area contributed by atoms with Gasteiger partial charge in [-0.1, -0.05) is 25.1 Å². The number of nitrogens with one attached hydrogen (secondary N) is 1. The van der Waals surface area contributed by atoms with E-state index in [9.17, 15) is 8.42 Å². The molecule has 0 unspecified atom stereocenters. The van der Waals surface area contributed by atoms with Crippen molar-refractivity contribution in [2.75, 3.05) is 6.54 Å². The predicted octanol–water partition coefficient (Wildman–Crippen LogP) is 2.45. The van der Waals surface area contributed by atoms with Crippen molar-refractivity contribution in [3.05, 3.63) is 54.4 Å². The molecule has 0 atom stereocenters. The molecule has 0 radical (unpaired) electrons. The van der Waals surface area contributed by atoms with E-state index < -0.39 is 10.0 Å². The van der Waals surface area contributed by atoms with Crippen molar-refractivity contribution in [3.63, 3.8) is 0 Å². The van der Waals surface area contributed by atoms with Gasteiger partial charge in [0.2, 0.25) is 10.0 Å². The van der Waals surface area contributed by atoms with Gasteiger partial charge in [0.15, 0.2) is 0 Å². The summed E-state index contributed by atoms with van der Waals surface area (Å²) in [7, 11) is -1.56. The summed E-state index contributed by atoms with van der Waals surface area (Å²) in [6.45, 7) is 2.34. The lowest BCUT2D eigenvalue weighted by molar-refractivity contribution is 0.291. The van der Waals surface area contributed by atoms with E-state index in [1.807, 2.05) is 35.9 Å². The third-order valence-electron chi connectivity index (χ3n) is 3.70. The number of fused-ring (bicyclic) bond motifs is 1. The molecule has 24 heavy (non-hydrogen) atoms. The number of hydrogen-bond donors (Lipinski definition) is 1. The van der Waals surface area contributed by atoms with E-state index in [0.29, 0.717) is 12.3 Å². The maximum absolute atomic E-state index is 12.0. The van der Waals surface area contributed by atoms with Crippen LogP contribution >= 0.6 is 0 Å². The number of ether oxygens (including phenoxy) is 1. The number of rotatable bonds is 6. The molecule has 0 bridgehead atoms. The van der Waals surface area contributed by atoms with Crippen LogP contribution in [0.3, 0.4) is 0 Å². The molecule has 3 aromatic rings. The van der Waals surface area contributed by atoms with Crippen LogP contribution in [0.4, 0.5) is 0 Å². The zero-order valence-corrected chi connectivity index (χ0v) is 14.4. The Bertz CT molecular complexity index is 964. The van der Waals surface area contributed by atoms with Gasteiger partial charge in [0, 0.05) is 19.7 Å². The molecule has 3 rings (SSSR count). The standard InChI is InChI=1S/C17H19N3O3S/c1-3-18-24(21,22)14-8-6-7-13(11-14)23-12-17-19-15-9-4-5-10-16(15)20(17)2/h4-11,18H,3,12H2,1-2H3. The van der Waals surface area contributed by atoms with Gasteiger partial charge in [-0.3, -0.25) is 0 Å². The highest BCUT2D eigenvalue weighted by Crippen LogP contribution is 2.20. The Labute approximate surface area is 141 Å². The molecule has 0 aliphatic rings. The summed E-state index contributed by atoms with van der Waals surface area (Å²) in [5.74, 6) is 1.26. The fraction of sp³-hybridized carbons (Fsp3) is 0.235. The molecule has 0 amide bonds. The number of sulfonamides is 1. The molecule has 2 aromatic carbocycles. The van der Waals surface area contributed by atoms with Crippen molar-refractivity contribution in [1.82, 2.24) is 14.3 Å². The second kappa shape index (κ2) is 6.62. The third-order valence-corrected chi connectivity index (χ3v) is 5.24. The van der Waals surface area contributed by atoms with Crippen molar-refractivity contribution < 1.29 is 13.2 Å². The molecule has 1 heterocycles. The van der Waals surface area contributed by atoms with E-state index in [1.165, 1.54) is 6.07 Å². The van der Waals surface area contributed by atoms with Crippen molar-refractivity contribution in [1.29, 1.82) is 0 Å². The molecular formula is C17H19N3O3S. The summed E-state index contributed by atoms with van der Waals surface area (Å²) >= 11 is 0. The molecule has 0 saturated heterocycles. The average Bonchev–Trinajstić information content (AvgIpc) is 2.90. The molecule has 1 aromatic heterocycles. The molecular weight excluding hydrogens is 326 g/mol. The smallest absolute Gasteiger partial charge is 0.240 e. The lowest BCUT2D eigenvalue weighted by Crippen LogP contribution is -2.23. The lowest BCUT2D eigenvalue weighted by Gasteiger charge is -2.09. The summed E-state index contributed by atoms with van der Waals surface area (Å²) in [6, 6.07) is 14.3. The molecule has 7 heteroatoms. The molecule has 0 aliphatic carbocycles. The Morgan fingerprint density at radius 3 is 2.71 bits per heavy atom. The third kappa shape index (κ3) is 3.27. The van der Waals surface area contributed by atoms with Crippen molar-refractivity contribution in [2.24, 2.45) is 7.05 Å². The molecule has 6 nitrogen and oxygen atoms in total. The Morgan fingerprint density at radius 2 is 1.96 bits per heavy atom. The van der Waals surface area contributed by atoms with Gasteiger partial charge in [-0.05, 0) is 24.3 Å². The van der Waals surface area contributed by atoms with Crippen LogP contribution in [0.15, 0.2) is 53.4 Å². The van der Waals surface area contributed by atoms with E-state index >= 15 is 0 Å². The quantitative estimate of drug-likeness (QED) is 0.745. The van der Waals surface area contributed by atoms with Crippen LogP contribution in [0.2, 0.25) is 0 Å². The predicted molar refractivity (Wildman–Crippen MR) is 92.4 cm³/mol. The van der Waals surface area contributed by atoms with E-state index in [4.69, 9.17) is 4.74 Å². The Morgan fingerprint density at radius 1 is 1.17 bits per heavy atom. The van der Waals surface area contributed by atoms with Gasteiger partial charge < -0.3 is 9.30 Å². The number of hydrogen-bond acceptors (Lipinski definition) is 4. The first-order valence-corrected chi connectivity index (χ1v) is 9.12. The molecule has 0 fully saturated rings. The van der Waals surface area contributed by atoms with Crippen LogP contribution in [0.5, 0.6) is 5.75 Å². The topological polar surface area (TPSA) is 73.2 Å². The summed E-state index contributed by atoms with van der Waals surface area (Å²) in [4.78, 5) is 4.72. The Hall–Kier alpha value is -2.38. The van der Waals surface area contributed by atoms with Gasteiger partial charge >= 0.3 is 0 Å². The Balaban J connectivity index is 1.80. The van der Waals surface area contributed by atoms with Crippen LogP contribution in [0.1, 0.15) is 12.7 Å².